The van der Waals surface area contributed by atoms with E-state index >= 15 is 0 Å². The molecule has 20 heavy (non-hydrogen) atoms. The molecule has 1 aliphatic rings. The van der Waals surface area contributed by atoms with Crippen molar-refractivity contribution in [2.45, 2.75) is 32.1 Å². The van der Waals surface area contributed by atoms with E-state index in [1.54, 1.807) is 11.3 Å². The Kier molecular flexibility index (Phi) is 5.79. The van der Waals surface area contributed by atoms with E-state index < -0.39 is 0 Å². The number of carbonyl (C=O) groups excluding carboxylic acids is 1. The maximum Gasteiger partial charge on any atom is 0.305 e. The van der Waals surface area contributed by atoms with Crippen LogP contribution in [0, 0.1) is 5.92 Å². The summed E-state index contributed by atoms with van der Waals surface area (Å²) in [5.41, 5.74) is 0.958. The van der Waals surface area contributed by atoms with Gasteiger partial charge in [-0.3, -0.25) is 4.79 Å². The van der Waals surface area contributed by atoms with Crippen LogP contribution in [0.1, 0.15) is 31.4 Å². The molecule has 1 atom stereocenters. The Morgan fingerprint density at radius 2 is 2.50 bits per heavy atom. The molecule has 1 aliphatic heterocycles. The van der Waals surface area contributed by atoms with Gasteiger partial charge in [-0.25, -0.2) is 4.98 Å². The van der Waals surface area contributed by atoms with E-state index in [4.69, 9.17) is 5.11 Å². The van der Waals surface area contributed by atoms with Gasteiger partial charge in [-0.15, -0.1) is 11.3 Å². The largest absolute Gasteiger partial charge is 0.469 e. The molecule has 0 saturated carbocycles. The summed E-state index contributed by atoms with van der Waals surface area (Å²) in [7, 11) is 1.41. The van der Waals surface area contributed by atoms with Crippen LogP contribution in [0.4, 0.5) is 5.13 Å². The molecule has 0 amide bonds. The van der Waals surface area contributed by atoms with E-state index in [2.05, 4.69) is 14.6 Å². The Bertz CT molecular complexity index is 434. The first-order chi connectivity index (χ1) is 9.72. The van der Waals surface area contributed by atoms with Gasteiger partial charge in [-0.05, 0) is 25.2 Å². The molecule has 1 fully saturated rings. The molecule has 0 aliphatic carbocycles. The normalized spacial score (nSPS) is 19.1. The summed E-state index contributed by atoms with van der Waals surface area (Å²) < 4.78 is 4.64. The topological polar surface area (TPSA) is 62.7 Å². The number of hydrogen-bond acceptors (Lipinski definition) is 6. The molecule has 5 nitrogen and oxygen atoms in total. The minimum Gasteiger partial charge on any atom is -0.469 e. The number of aliphatic hydroxyl groups is 1. The zero-order chi connectivity index (χ0) is 14.4. The molecule has 0 bridgehead atoms. The zero-order valence-corrected chi connectivity index (χ0v) is 12.7. The Morgan fingerprint density at radius 1 is 1.65 bits per heavy atom. The van der Waals surface area contributed by atoms with Crippen molar-refractivity contribution in [1.29, 1.82) is 0 Å². The van der Waals surface area contributed by atoms with Crippen LogP contribution < -0.4 is 4.90 Å². The first kappa shape index (κ1) is 15.3. The fraction of sp³-hybridized carbons (Fsp3) is 0.714. The molecule has 2 rings (SSSR count). The summed E-state index contributed by atoms with van der Waals surface area (Å²) in [5.74, 6) is 0.372. The summed E-state index contributed by atoms with van der Waals surface area (Å²) in [6, 6.07) is 0. The van der Waals surface area contributed by atoms with Crippen molar-refractivity contribution in [3.05, 3.63) is 11.1 Å². The third-order valence-electron chi connectivity index (χ3n) is 3.68. The highest BCUT2D eigenvalue weighted by Crippen LogP contribution is 2.27. The molecule has 1 aromatic rings. The number of hydrogen-bond donors (Lipinski definition) is 1. The lowest BCUT2D eigenvalue weighted by atomic mass is 9.95. The molecule has 0 radical (unpaired) electrons. The summed E-state index contributed by atoms with van der Waals surface area (Å²) in [6.07, 6.45) is 4.24. The van der Waals surface area contributed by atoms with Gasteiger partial charge in [0.05, 0.1) is 19.2 Å². The first-order valence-electron chi connectivity index (χ1n) is 7.10. The Labute approximate surface area is 123 Å². The van der Waals surface area contributed by atoms with Crippen molar-refractivity contribution in [3.63, 3.8) is 0 Å². The van der Waals surface area contributed by atoms with Gasteiger partial charge in [0.15, 0.2) is 5.13 Å². The standard InChI is InChI=1S/C14H22N2O3S/c1-19-13(18)5-4-12-10-20-14(15-12)16-7-2-3-11(9-16)6-8-17/h10-11,17H,2-9H2,1H3. The van der Waals surface area contributed by atoms with Crippen LogP contribution in [-0.4, -0.2) is 42.9 Å². The van der Waals surface area contributed by atoms with Gasteiger partial charge < -0.3 is 14.7 Å². The van der Waals surface area contributed by atoms with E-state index in [0.29, 0.717) is 18.8 Å². The highest BCUT2D eigenvalue weighted by molar-refractivity contribution is 7.13. The number of ether oxygens (including phenoxy) is 1. The van der Waals surface area contributed by atoms with Crippen LogP contribution in [-0.2, 0) is 16.0 Å². The van der Waals surface area contributed by atoms with E-state index in [-0.39, 0.29) is 12.6 Å². The van der Waals surface area contributed by atoms with Crippen molar-refractivity contribution in [2.24, 2.45) is 5.92 Å². The lowest BCUT2D eigenvalue weighted by Gasteiger charge is -2.32. The van der Waals surface area contributed by atoms with Crippen LogP contribution in [0.2, 0.25) is 0 Å². The molecule has 2 heterocycles. The number of aromatic nitrogens is 1. The van der Waals surface area contributed by atoms with Crippen molar-refractivity contribution in [2.75, 3.05) is 31.7 Å². The van der Waals surface area contributed by atoms with Gasteiger partial charge in [0, 0.05) is 31.5 Å². The lowest BCUT2D eigenvalue weighted by molar-refractivity contribution is -0.140. The molecule has 1 aromatic heterocycles. The average molecular weight is 298 g/mol. The average Bonchev–Trinajstić information content (AvgIpc) is 2.94. The molecule has 1 saturated heterocycles. The highest BCUT2D eigenvalue weighted by atomic mass is 32.1. The lowest BCUT2D eigenvalue weighted by Crippen LogP contribution is -2.35. The van der Waals surface area contributed by atoms with Crippen LogP contribution in [0.25, 0.3) is 0 Å². The van der Waals surface area contributed by atoms with Gasteiger partial charge in [-0.2, -0.15) is 0 Å². The third-order valence-corrected chi connectivity index (χ3v) is 4.63. The fourth-order valence-electron chi connectivity index (χ4n) is 2.55. The van der Waals surface area contributed by atoms with Gasteiger partial charge in [0.1, 0.15) is 0 Å². The third kappa shape index (κ3) is 4.18. The van der Waals surface area contributed by atoms with Gasteiger partial charge in [0.2, 0.25) is 0 Å². The summed E-state index contributed by atoms with van der Waals surface area (Å²) in [4.78, 5) is 18.0. The number of nitrogens with zero attached hydrogens (tertiary/aromatic N) is 2. The van der Waals surface area contributed by atoms with E-state index in [1.807, 2.05) is 5.38 Å². The quantitative estimate of drug-likeness (QED) is 0.812. The molecule has 0 spiro atoms. The van der Waals surface area contributed by atoms with Crippen molar-refractivity contribution in [1.82, 2.24) is 4.98 Å². The van der Waals surface area contributed by atoms with Gasteiger partial charge >= 0.3 is 5.97 Å². The summed E-state index contributed by atoms with van der Waals surface area (Å²) in [6.45, 7) is 2.27. The van der Waals surface area contributed by atoms with E-state index in [9.17, 15) is 4.79 Å². The minimum absolute atomic E-state index is 0.194. The minimum atomic E-state index is -0.194. The first-order valence-corrected chi connectivity index (χ1v) is 7.98. The number of thiazole rings is 1. The highest BCUT2D eigenvalue weighted by Gasteiger charge is 2.21. The number of carbonyl (C=O) groups is 1. The Hall–Kier alpha value is -1.14. The van der Waals surface area contributed by atoms with Crippen molar-refractivity contribution in [3.8, 4) is 0 Å². The number of aryl methyl sites for hydroxylation is 1. The molecule has 0 aromatic carbocycles. The van der Waals surface area contributed by atoms with E-state index in [1.165, 1.54) is 13.5 Å². The summed E-state index contributed by atoms with van der Waals surface area (Å²) >= 11 is 1.64. The number of anilines is 1. The predicted octanol–water partition coefficient (Wildman–Crippen LogP) is 1.85. The van der Waals surface area contributed by atoms with E-state index in [0.717, 1.165) is 36.8 Å². The summed E-state index contributed by atoms with van der Waals surface area (Å²) in [5, 5.41) is 12.1. The molecule has 6 heteroatoms. The fourth-order valence-corrected chi connectivity index (χ4v) is 3.44. The van der Waals surface area contributed by atoms with Crippen molar-refractivity contribution >= 4 is 22.4 Å². The Balaban J connectivity index is 1.89. The second kappa shape index (κ2) is 7.59. The predicted molar refractivity (Wildman–Crippen MR) is 79.1 cm³/mol. The van der Waals surface area contributed by atoms with Crippen LogP contribution in [0.3, 0.4) is 0 Å². The molecular weight excluding hydrogens is 276 g/mol. The monoisotopic (exact) mass is 298 g/mol. The Morgan fingerprint density at radius 3 is 3.25 bits per heavy atom. The number of aliphatic hydroxyl groups excluding tert-OH is 1. The maximum absolute atomic E-state index is 11.1. The number of piperidine rings is 1. The second-order valence-electron chi connectivity index (χ2n) is 5.16. The number of methoxy groups -OCH3 is 1. The zero-order valence-electron chi connectivity index (χ0n) is 11.9. The SMILES string of the molecule is COC(=O)CCc1csc(N2CCCC(CCO)C2)n1. The van der Waals surface area contributed by atoms with Crippen LogP contribution >= 0.6 is 11.3 Å². The number of rotatable bonds is 6. The van der Waals surface area contributed by atoms with Gasteiger partial charge in [-0.1, -0.05) is 0 Å². The molecule has 112 valence electrons. The van der Waals surface area contributed by atoms with Crippen LogP contribution in [0.15, 0.2) is 5.38 Å². The van der Waals surface area contributed by atoms with Crippen LogP contribution in [0.5, 0.6) is 0 Å². The molecule has 1 N–H and O–H groups in total. The molecule has 1 unspecified atom stereocenters. The second-order valence-corrected chi connectivity index (χ2v) is 6.00. The molecular formula is C14H22N2O3S. The van der Waals surface area contributed by atoms with Gasteiger partial charge in [0.25, 0.3) is 0 Å². The maximum atomic E-state index is 11.1. The smallest absolute Gasteiger partial charge is 0.305 e. The number of esters is 1. The van der Waals surface area contributed by atoms with Crippen molar-refractivity contribution < 1.29 is 14.6 Å².